The first-order chi connectivity index (χ1) is 4.70. The predicted molar refractivity (Wildman–Crippen MR) is 41.6 cm³/mol. The first-order valence-corrected chi connectivity index (χ1v) is 3.43. The fourth-order valence-electron chi connectivity index (χ4n) is 0.462. The van der Waals surface area contributed by atoms with Crippen LogP contribution < -0.4 is 5.32 Å². The van der Waals surface area contributed by atoms with Crippen molar-refractivity contribution in [1.82, 2.24) is 5.32 Å². The standard InChI is InChI=1S/C8H13NO/c1-4-7(3)9-6-8(10)5-2/h2,7,9H,4,6H2,1,3H3. The third kappa shape index (κ3) is 4.11. The molecule has 0 aromatic carbocycles. The number of hydrogen-bond donors (Lipinski definition) is 1. The molecule has 0 aromatic rings. The lowest BCUT2D eigenvalue weighted by Crippen LogP contribution is -2.30. The van der Waals surface area contributed by atoms with Crippen LogP contribution in [0.3, 0.4) is 0 Å². The van der Waals surface area contributed by atoms with Gasteiger partial charge in [-0.15, -0.1) is 6.42 Å². The third-order valence-corrected chi connectivity index (χ3v) is 1.38. The van der Waals surface area contributed by atoms with Crippen LogP contribution in [0.25, 0.3) is 0 Å². The molecule has 1 N–H and O–H groups in total. The zero-order valence-electron chi connectivity index (χ0n) is 6.48. The van der Waals surface area contributed by atoms with Crippen molar-refractivity contribution >= 4 is 5.78 Å². The molecule has 0 radical (unpaired) electrons. The quantitative estimate of drug-likeness (QED) is 0.456. The average Bonchev–Trinajstić information content (AvgIpc) is 1.99. The molecular weight excluding hydrogens is 126 g/mol. The molecule has 1 atom stereocenters. The summed E-state index contributed by atoms with van der Waals surface area (Å²) in [4.78, 5) is 10.5. The van der Waals surface area contributed by atoms with E-state index >= 15 is 0 Å². The minimum atomic E-state index is -0.180. The Bertz CT molecular complexity index is 146. The molecule has 1 unspecified atom stereocenters. The van der Waals surface area contributed by atoms with Crippen molar-refractivity contribution in [2.75, 3.05) is 6.54 Å². The Hall–Kier alpha value is -0.810. The van der Waals surface area contributed by atoms with Gasteiger partial charge in [-0.1, -0.05) is 6.92 Å². The maximum Gasteiger partial charge on any atom is 0.218 e. The molecule has 0 heterocycles. The second kappa shape index (κ2) is 5.01. The fourth-order valence-corrected chi connectivity index (χ4v) is 0.462. The van der Waals surface area contributed by atoms with Crippen molar-refractivity contribution < 1.29 is 4.79 Å². The fraction of sp³-hybridized carbons (Fsp3) is 0.625. The summed E-state index contributed by atoms with van der Waals surface area (Å²) in [6.07, 6.45) is 5.87. The number of nitrogens with one attached hydrogen (secondary N) is 1. The van der Waals surface area contributed by atoms with Crippen LogP contribution in [0.5, 0.6) is 0 Å². The van der Waals surface area contributed by atoms with Crippen molar-refractivity contribution in [1.29, 1.82) is 0 Å². The molecule has 10 heavy (non-hydrogen) atoms. The molecule has 0 aromatic heterocycles. The summed E-state index contributed by atoms with van der Waals surface area (Å²) in [5.74, 6) is 1.86. The lowest BCUT2D eigenvalue weighted by atomic mass is 10.2. The van der Waals surface area contributed by atoms with Gasteiger partial charge in [0.15, 0.2) is 0 Å². The van der Waals surface area contributed by atoms with Crippen LogP contribution in [0.1, 0.15) is 20.3 Å². The molecule has 0 amide bonds. The summed E-state index contributed by atoms with van der Waals surface area (Å²) in [7, 11) is 0. The summed E-state index contributed by atoms with van der Waals surface area (Å²) < 4.78 is 0. The Morgan fingerprint density at radius 1 is 1.80 bits per heavy atom. The van der Waals surface area contributed by atoms with Gasteiger partial charge in [0.05, 0.1) is 6.54 Å². The highest BCUT2D eigenvalue weighted by molar-refractivity contribution is 5.96. The second-order valence-electron chi connectivity index (χ2n) is 2.26. The van der Waals surface area contributed by atoms with E-state index in [0.717, 1.165) is 6.42 Å². The number of carbonyl (C=O) groups excluding carboxylic acids is 1. The van der Waals surface area contributed by atoms with Gasteiger partial charge in [-0.3, -0.25) is 4.79 Å². The van der Waals surface area contributed by atoms with Gasteiger partial charge in [-0.2, -0.15) is 0 Å². The summed E-state index contributed by atoms with van der Waals surface area (Å²) in [6, 6.07) is 0.372. The smallest absolute Gasteiger partial charge is 0.218 e. The van der Waals surface area contributed by atoms with E-state index in [1.165, 1.54) is 0 Å². The molecule has 2 heteroatoms. The van der Waals surface area contributed by atoms with Gasteiger partial charge in [0.1, 0.15) is 0 Å². The van der Waals surface area contributed by atoms with Gasteiger partial charge in [-0.25, -0.2) is 0 Å². The van der Waals surface area contributed by atoms with Crippen molar-refractivity contribution in [3.05, 3.63) is 0 Å². The van der Waals surface area contributed by atoms with E-state index < -0.39 is 0 Å². The predicted octanol–water partition coefficient (Wildman–Crippen LogP) is 0.577. The molecular formula is C8H13NO. The van der Waals surface area contributed by atoms with Gasteiger partial charge in [0, 0.05) is 6.04 Å². The summed E-state index contributed by atoms with van der Waals surface area (Å²) in [6.45, 7) is 4.37. The number of hydrogen-bond acceptors (Lipinski definition) is 2. The number of ketones is 1. The first kappa shape index (κ1) is 9.19. The Morgan fingerprint density at radius 3 is 2.80 bits per heavy atom. The van der Waals surface area contributed by atoms with E-state index in [1.54, 1.807) is 0 Å². The van der Waals surface area contributed by atoms with E-state index in [9.17, 15) is 4.79 Å². The molecule has 0 aliphatic carbocycles. The highest BCUT2D eigenvalue weighted by Gasteiger charge is 1.99. The van der Waals surface area contributed by atoms with Gasteiger partial charge in [0.2, 0.25) is 5.78 Å². The van der Waals surface area contributed by atoms with Crippen LogP contribution in [-0.4, -0.2) is 18.4 Å². The second-order valence-corrected chi connectivity index (χ2v) is 2.26. The normalized spacial score (nSPS) is 12.1. The van der Waals surface area contributed by atoms with Gasteiger partial charge < -0.3 is 5.32 Å². The lowest BCUT2D eigenvalue weighted by Gasteiger charge is -2.07. The average molecular weight is 139 g/mol. The van der Waals surface area contributed by atoms with Crippen LogP contribution >= 0.6 is 0 Å². The number of Topliss-reactive ketones (excluding diaryl/α,β-unsaturated/α-hetero) is 1. The van der Waals surface area contributed by atoms with E-state index in [4.69, 9.17) is 6.42 Å². The largest absolute Gasteiger partial charge is 0.307 e. The Morgan fingerprint density at radius 2 is 2.40 bits per heavy atom. The molecule has 56 valence electrons. The maximum atomic E-state index is 10.5. The molecule has 0 bridgehead atoms. The van der Waals surface area contributed by atoms with E-state index in [0.29, 0.717) is 12.6 Å². The van der Waals surface area contributed by atoms with Crippen molar-refractivity contribution in [3.63, 3.8) is 0 Å². The van der Waals surface area contributed by atoms with Crippen LogP contribution in [0.4, 0.5) is 0 Å². The molecule has 0 rings (SSSR count). The zero-order valence-corrected chi connectivity index (χ0v) is 6.48. The maximum absolute atomic E-state index is 10.5. The minimum absolute atomic E-state index is 0.180. The van der Waals surface area contributed by atoms with Crippen molar-refractivity contribution in [2.24, 2.45) is 0 Å². The van der Waals surface area contributed by atoms with Gasteiger partial charge in [0.25, 0.3) is 0 Å². The summed E-state index contributed by atoms with van der Waals surface area (Å²) in [5, 5.41) is 2.99. The lowest BCUT2D eigenvalue weighted by molar-refractivity contribution is -0.113. The highest BCUT2D eigenvalue weighted by Crippen LogP contribution is 1.85. The molecule has 0 aliphatic heterocycles. The van der Waals surface area contributed by atoms with E-state index in [-0.39, 0.29) is 5.78 Å². The summed E-state index contributed by atoms with van der Waals surface area (Å²) in [5.41, 5.74) is 0. The molecule has 0 spiro atoms. The Kier molecular flexibility index (Phi) is 4.61. The molecule has 2 nitrogen and oxygen atoms in total. The number of rotatable bonds is 4. The topological polar surface area (TPSA) is 29.1 Å². The molecule has 0 fully saturated rings. The van der Waals surface area contributed by atoms with Gasteiger partial charge in [-0.05, 0) is 19.3 Å². The van der Waals surface area contributed by atoms with E-state index in [1.807, 2.05) is 12.8 Å². The van der Waals surface area contributed by atoms with Gasteiger partial charge >= 0.3 is 0 Å². The van der Waals surface area contributed by atoms with Crippen LogP contribution in [0.15, 0.2) is 0 Å². The molecule has 0 saturated carbocycles. The first-order valence-electron chi connectivity index (χ1n) is 3.43. The SMILES string of the molecule is C#CC(=O)CNC(C)CC. The van der Waals surface area contributed by atoms with Crippen LogP contribution in [0.2, 0.25) is 0 Å². The Labute approximate surface area is 62.0 Å². The van der Waals surface area contributed by atoms with E-state index in [2.05, 4.69) is 12.2 Å². The van der Waals surface area contributed by atoms with Crippen LogP contribution in [0, 0.1) is 12.3 Å². The monoisotopic (exact) mass is 139 g/mol. The number of carbonyl (C=O) groups is 1. The summed E-state index contributed by atoms with van der Waals surface area (Å²) >= 11 is 0. The third-order valence-electron chi connectivity index (χ3n) is 1.38. The van der Waals surface area contributed by atoms with Crippen molar-refractivity contribution in [3.8, 4) is 12.3 Å². The van der Waals surface area contributed by atoms with Crippen molar-refractivity contribution in [2.45, 2.75) is 26.3 Å². The zero-order chi connectivity index (χ0) is 7.98. The molecule has 0 aliphatic rings. The van der Waals surface area contributed by atoms with Crippen LogP contribution in [-0.2, 0) is 4.79 Å². The number of terminal acetylenes is 1. The minimum Gasteiger partial charge on any atom is -0.307 e. The highest BCUT2D eigenvalue weighted by atomic mass is 16.1. The Balaban J connectivity index is 3.37. The molecule has 0 saturated heterocycles.